The van der Waals surface area contributed by atoms with Gasteiger partial charge >= 0.3 is 5.97 Å². The molecule has 0 spiro atoms. The third-order valence-corrected chi connectivity index (χ3v) is 1.80. The average Bonchev–Trinajstić information content (AvgIpc) is 2.07. The second-order valence-electron chi connectivity index (χ2n) is 2.90. The molecule has 0 aromatic carbocycles. The molecule has 0 aliphatic carbocycles. The van der Waals surface area contributed by atoms with E-state index in [1.165, 1.54) is 6.20 Å². The van der Waals surface area contributed by atoms with Crippen LogP contribution in [-0.2, 0) is 11.2 Å². The lowest BCUT2D eigenvalue weighted by Gasteiger charge is -2.02. The van der Waals surface area contributed by atoms with Crippen LogP contribution in [0, 0.1) is 12.1 Å². The van der Waals surface area contributed by atoms with E-state index in [0.717, 1.165) is 10.3 Å². The monoisotopic (exact) mass is 181 g/mol. The number of aryl methyl sites for hydroxylation is 2. The average molecular weight is 181 g/mol. The first-order valence-electron chi connectivity index (χ1n) is 4.00. The van der Waals surface area contributed by atoms with Crippen molar-refractivity contribution in [2.24, 2.45) is 0 Å². The van der Waals surface area contributed by atoms with Crippen molar-refractivity contribution < 1.29 is 14.6 Å². The van der Waals surface area contributed by atoms with Gasteiger partial charge in [-0.3, -0.25) is 4.79 Å². The van der Waals surface area contributed by atoms with Gasteiger partial charge in [0.2, 0.25) is 0 Å². The van der Waals surface area contributed by atoms with Crippen molar-refractivity contribution in [3.8, 4) is 0 Å². The van der Waals surface area contributed by atoms with E-state index in [9.17, 15) is 10.0 Å². The highest BCUT2D eigenvalue weighted by molar-refractivity contribution is 5.67. The van der Waals surface area contributed by atoms with Crippen LogP contribution in [-0.4, -0.2) is 11.1 Å². The molecule has 0 aliphatic heterocycles. The Kier molecular flexibility index (Phi) is 2.84. The topological polar surface area (TPSA) is 64.2 Å². The summed E-state index contributed by atoms with van der Waals surface area (Å²) >= 11 is 0. The smallest absolute Gasteiger partial charge is 0.303 e. The highest BCUT2D eigenvalue weighted by Gasteiger charge is 2.03. The summed E-state index contributed by atoms with van der Waals surface area (Å²) in [4.78, 5) is 10.2. The van der Waals surface area contributed by atoms with Crippen molar-refractivity contribution in [1.29, 1.82) is 0 Å². The Balaban J connectivity index is 2.68. The van der Waals surface area contributed by atoms with Gasteiger partial charge in [0.25, 0.3) is 0 Å². The molecule has 0 fully saturated rings. The molecular weight excluding hydrogens is 170 g/mol. The number of aromatic nitrogens is 1. The molecule has 1 rings (SSSR count). The molecule has 0 atom stereocenters. The molecule has 0 aliphatic rings. The molecule has 0 saturated carbocycles. The van der Waals surface area contributed by atoms with E-state index in [-0.39, 0.29) is 6.42 Å². The predicted molar refractivity (Wildman–Crippen MR) is 46.1 cm³/mol. The summed E-state index contributed by atoms with van der Waals surface area (Å²) in [5.41, 5.74) is 1.36. The SMILES string of the molecule is Cc1ccc(CCC(=O)O)c[n+]1[O-]. The highest BCUT2D eigenvalue weighted by atomic mass is 16.5. The molecule has 0 bridgehead atoms. The predicted octanol–water partition coefficient (Wildman–Crippen LogP) is 0.646. The van der Waals surface area contributed by atoms with Crippen molar-refractivity contribution in [3.05, 3.63) is 34.8 Å². The van der Waals surface area contributed by atoms with E-state index in [1.807, 2.05) is 0 Å². The Morgan fingerprint density at radius 3 is 2.85 bits per heavy atom. The zero-order chi connectivity index (χ0) is 9.84. The minimum absolute atomic E-state index is 0.0586. The number of rotatable bonds is 3. The molecule has 13 heavy (non-hydrogen) atoms. The van der Waals surface area contributed by atoms with E-state index < -0.39 is 5.97 Å². The third kappa shape index (κ3) is 2.74. The zero-order valence-electron chi connectivity index (χ0n) is 7.36. The molecule has 70 valence electrons. The number of aliphatic carboxylic acids is 1. The molecule has 0 radical (unpaired) electrons. The largest absolute Gasteiger partial charge is 0.619 e. The van der Waals surface area contributed by atoms with Crippen LogP contribution in [0.3, 0.4) is 0 Å². The summed E-state index contributed by atoms with van der Waals surface area (Å²) in [6.45, 7) is 1.70. The molecule has 0 saturated heterocycles. The number of hydrogen-bond donors (Lipinski definition) is 1. The Labute approximate surface area is 76.0 Å². The Bertz CT molecular complexity index is 323. The first kappa shape index (κ1) is 9.51. The lowest BCUT2D eigenvalue weighted by Crippen LogP contribution is -2.29. The van der Waals surface area contributed by atoms with E-state index in [0.29, 0.717) is 12.1 Å². The highest BCUT2D eigenvalue weighted by Crippen LogP contribution is 2.01. The van der Waals surface area contributed by atoms with Gasteiger partial charge in [-0.1, -0.05) is 0 Å². The number of carboxylic acids is 1. The van der Waals surface area contributed by atoms with Crippen LogP contribution in [0.1, 0.15) is 17.7 Å². The van der Waals surface area contributed by atoms with Crippen molar-refractivity contribution in [2.75, 3.05) is 0 Å². The summed E-state index contributed by atoms with van der Waals surface area (Å²) in [7, 11) is 0. The molecule has 0 amide bonds. The lowest BCUT2D eigenvalue weighted by atomic mass is 10.1. The number of pyridine rings is 1. The van der Waals surface area contributed by atoms with Crippen LogP contribution < -0.4 is 4.73 Å². The minimum atomic E-state index is -0.849. The van der Waals surface area contributed by atoms with Crippen LogP contribution in [0.25, 0.3) is 0 Å². The van der Waals surface area contributed by atoms with Crippen LogP contribution in [0.5, 0.6) is 0 Å². The number of hydrogen-bond acceptors (Lipinski definition) is 2. The van der Waals surface area contributed by atoms with E-state index >= 15 is 0 Å². The maximum atomic E-state index is 11.1. The maximum Gasteiger partial charge on any atom is 0.303 e. The van der Waals surface area contributed by atoms with Gasteiger partial charge in [-0.25, -0.2) is 0 Å². The van der Waals surface area contributed by atoms with Crippen molar-refractivity contribution in [2.45, 2.75) is 19.8 Å². The van der Waals surface area contributed by atoms with Gasteiger partial charge in [0.15, 0.2) is 11.9 Å². The molecule has 1 N–H and O–H groups in total. The van der Waals surface area contributed by atoms with E-state index in [1.54, 1.807) is 19.1 Å². The van der Waals surface area contributed by atoms with Gasteiger partial charge in [0.05, 0.1) is 0 Å². The summed E-state index contributed by atoms with van der Waals surface area (Å²) in [5.74, 6) is -0.849. The zero-order valence-corrected chi connectivity index (χ0v) is 7.36. The minimum Gasteiger partial charge on any atom is -0.619 e. The molecule has 4 nitrogen and oxygen atoms in total. The standard InChI is InChI=1S/C9H11NO3/c1-7-2-3-8(6-10(7)13)4-5-9(11)12/h2-3,6H,4-5H2,1H3,(H,11,12). The fourth-order valence-corrected chi connectivity index (χ4v) is 0.996. The maximum absolute atomic E-state index is 11.1. The lowest BCUT2D eigenvalue weighted by molar-refractivity contribution is -0.612. The first-order valence-corrected chi connectivity index (χ1v) is 4.00. The second kappa shape index (κ2) is 3.89. The molecular formula is C9H11NO3. The van der Waals surface area contributed by atoms with E-state index in [4.69, 9.17) is 5.11 Å². The summed E-state index contributed by atoms with van der Waals surface area (Å²) < 4.78 is 0.747. The fourth-order valence-electron chi connectivity index (χ4n) is 0.996. The van der Waals surface area contributed by atoms with Gasteiger partial charge in [0.1, 0.15) is 0 Å². The van der Waals surface area contributed by atoms with Gasteiger partial charge in [0, 0.05) is 25.0 Å². The van der Waals surface area contributed by atoms with Crippen LogP contribution in [0.4, 0.5) is 0 Å². The van der Waals surface area contributed by atoms with Crippen molar-refractivity contribution >= 4 is 5.97 Å². The quantitative estimate of drug-likeness (QED) is 0.550. The van der Waals surface area contributed by atoms with Gasteiger partial charge in [-0.05, 0) is 12.5 Å². The van der Waals surface area contributed by atoms with E-state index in [2.05, 4.69) is 0 Å². The molecule has 4 heteroatoms. The first-order chi connectivity index (χ1) is 6.09. The summed E-state index contributed by atoms with van der Waals surface area (Å²) in [6.07, 6.45) is 1.87. The second-order valence-corrected chi connectivity index (χ2v) is 2.90. The van der Waals surface area contributed by atoms with Crippen LogP contribution in [0.2, 0.25) is 0 Å². The third-order valence-electron chi connectivity index (χ3n) is 1.80. The molecule has 1 heterocycles. The molecule has 1 aromatic heterocycles. The molecule has 0 unspecified atom stereocenters. The van der Waals surface area contributed by atoms with Gasteiger partial charge < -0.3 is 10.3 Å². The Morgan fingerprint density at radius 2 is 2.31 bits per heavy atom. The van der Waals surface area contributed by atoms with Gasteiger partial charge in [-0.15, -0.1) is 0 Å². The normalized spacial score (nSPS) is 9.92. The van der Waals surface area contributed by atoms with Crippen molar-refractivity contribution in [3.63, 3.8) is 0 Å². The summed E-state index contributed by atoms with van der Waals surface area (Å²) in [5, 5.41) is 19.5. The molecule has 1 aromatic rings. The van der Waals surface area contributed by atoms with Gasteiger partial charge in [-0.2, -0.15) is 4.73 Å². The Morgan fingerprint density at radius 1 is 1.62 bits per heavy atom. The fraction of sp³-hybridized carbons (Fsp3) is 0.333. The Hall–Kier alpha value is -1.58. The van der Waals surface area contributed by atoms with Crippen molar-refractivity contribution in [1.82, 2.24) is 0 Å². The number of carbonyl (C=O) groups is 1. The number of carboxylic acid groups (broad SMARTS) is 1. The van der Waals surface area contributed by atoms with Crippen LogP contribution >= 0.6 is 0 Å². The summed E-state index contributed by atoms with van der Waals surface area (Å²) in [6, 6.07) is 3.46. The number of nitrogens with zero attached hydrogens (tertiary/aromatic N) is 1. The van der Waals surface area contributed by atoms with Crippen LogP contribution in [0.15, 0.2) is 18.3 Å².